The molecule has 2 rings (SSSR count). The number of carbonyl (C=O) groups is 4. The van der Waals surface area contributed by atoms with Crippen LogP contribution in [0.15, 0.2) is 38.5 Å². The summed E-state index contributed by atoms with van der Waals surface area (Å²) in [4.78, 5) is 65.4. The first-order valence-electron chi connectivity index (χ1n) is 12.9. The van der Waals surface area contributed by atoms with E-state index in [2.05, 4.69) is 26.3 Å². The molecule has 0 aliphatic rings. The number of rotatable bonds is 15. The standard InChI is InChI=1S/C26H38N8O6/c1-15-12-23(37)40-21-13-17(8-9-18(15)21)33-25(39)20(6-3-4-10-27)34-22(36)14-31-24(38)19(32-16(2)35)7-5-11-30-26(28)29/h8-9,12-13,19-20H,3-7,10-11,14,27H2,1-2H3,(H,31,38)(H,32,35)(H,33,39)(H,34,36)(H4,28,29,30)/t19-,20-/m0/s1. The van der Waals surface area contributed by atoms with Crippen molar-refractivity contribution in [3.8, 4) is 0 Å². The van der Waals surface area contributed by atoms with E-state index >= 15 is 0 Å². The number of guanidine groups is 1. The molecule has 0 bridgehead atoms. The van der Waals surface area contributed by atoms with Crippen LogP contribution in [-0.2, 0) is 19.2 Å². The van der Waals surface area contributed by atoms with Crippen LogP contribution in [-0.4, -0.2) is 61.3 Å². The zero-order chi connectivity index (χ0) is 29.7. The van der Waals surface area contributed by atoms with Gasteiger partial charge in [-0.2, -0.15) is 0 Å². The van der Waals surface area contributed by atoms with Gasteiger partial charge in [-0.1, -0.05) is 0 Å². The average Bonchev–Trinajstić information content (AvgIpc) is 2.87. The van der Waals surface area contributed by atoms with Gasteiger partial charge in [-0.3, -0.25) is 24.2 Å². The number of carbonyl (C=O) groups excluding carboxylic acids is 4. The summed E-state index contributed by atoms with van der Waals surface area (Å²) in [6, 6.07) is 4.51. The van der Waals surface area contributed by atoms with E-state index in [1.165, 1.54) is 19.1 Å². The second-order valence-corrected chi connectivity index (χ2v) is 9.27. The van der Waals surface area contributed by atoms with E-state index in [1.807, 2.05) is 0 Å². The predicted octanol–water partition coefficient (Wildman–Crippen LogP) is -0.672. The Hall–Kier alpha value is -4.46. The van der Waals surface area contributed by atoms with Crippen molar-refractivity contribution < 1.29 is 23.6 Å². The number of benzene rings is 1. The molecule has 218 valence electrons. The second-order valence-electron chi connectivity index (χ2n) is 9.27. The molecule has 40 heavy (non-hydrogen) atoms. The van der Waals surface area contributed by atoms with Crippen LogP contribution < -0.4 is 44.1 Å². The Bertz CT molecular complexity index is 1290. The first kappa shape index (κ1) is 31.8. The van der Waals surface area contributed by atoms with Crippen molar-refractivity contribution in [3.05, 3.63) is 40.2 Å². The molecule has 4 amide bonds. The van der Waals surface area contributed by atoms with Crippen LogP contribution >= 0.6 is 0 Å². The summed E-state index contributed by atoms with van der Waals surface area (Å²) in [7, 11) is 0. The summed E-state index contributed by atoms with van der Waals surface area (Å²) in [5.41, 5.74) is 17.1. The summed E-state index contributed by atoms with van der Waals surface area (Å²) in [6.45, 7) is 3.34. The molecule has 1 heterocycles. The highest BCUT2D eigenvalue weighted by Crippen LogP contribution is 2.21. The zero-order valence-electron chi connectivity index (χ0n) is 22.7. The van der Waals surface area contributed by atoms with E-state index in [9.17, 15) is 24.0 Å². The lowest BCUT2D eigenvalue weighted by Gasteiger charge is -2.20. The molecule has 0 unspecified atom stereocenters. The number of aliphatic imine (C=N–C) groups is 1. The van der Waals surface area contributed by atoms with Gasteiger partial charge in [0.05, 0.1) is 6.54 Å². The number of nitrogens with two attached hydrogens (primary N) is 3. The van der Waals surface area contributed by atoms with Gasteiger partial charge in [0.2, 0.25) is 23.6 Å². The largest absolute Gasteiger partial charge is 0.423 e. The third-order valence-corrected chi connectivity index (χ3v) is 5.88. The van der Waals surface area contributed by atoms with E-state index in [4.69, 9.17) is 21.6 Å². The maximum absolute atomic E-state index is 13.1. The lowest BCUT2D eigenvalue weighted by Crippen LogP contribution is -2.51. The van der Waals surface area contributed by atoms with Crippen molar-refractivity contribution in [2.75, 3.05) is 25.0 Å². The monoisotopic (exact) mass is 558 g/mol. The number of amides is 4. The van der Waals surface area contributed by atoms with Crippen LogP contribution in [0.5, 0.6) is 0 Å². The molecule has 0 radical (unpaired) electrons. The molecule has 2 atom stereocenters. The molecule has 2 aromatic rings. The van der Waals surface area contributed by atoms with Crippen LogP contribution in [0.3, 0.4) is 0 Å². The molecule has 0 spiro atoms. The van der Waals surface area contributed by atoms with E-state index in [-0.39, 0.29) is 18.9 Å². The van der Waals surface area contributed by atoms with Crippen molar-refractivity contribution in [3.63, 3.8) is 0 Å². The van der Waals surface area contributed by atoms with Gasteiger partial charge < -0.3 is 42.9 Å². The molecule has 0 saturated carbocycles. The van der Waals surface area contributed by atoms with Crippen molar-refractivity contribution >= 4 is 46.2 Å². The Labute approximate surface area is 231 Å². The Kier molecular flexibility index (Phi) is 12.6. The molecule has 14 nitrogen and oxygen atoms in total. The van der Waals surface area contributed by atoms with Gasteiger partial charge in [-0.15, -0.1) is 0 Å². The van der Waals surface area contributed by atoms with Gasteiger partial charge in [0.15, 0.2) is 5.96 Å². The minimum atomic E-state index is -0.915. The number of hydrogen-bond donors (Lipinski definition) is 7. The van der Waals surface area contributed by atoms with Gasteiger partial charge in [-0.05, 0) is 63.3 Å². The maximum Gasteiger partial charge on any atom is 0.336 e. The number of unbranched alkanes of at least 4 members (excludes halogenated alkanes) is 1. The molecule has 10 N–H and O–H groups in total. The fraction of sp³-hybridized carbons (Fsp3) is 0.462. The Balaban J connectivity index is 2.02. The molecule has 14 heteroatoms. The van der Waals surface area contributed by atoms with Gasteiger partial charge in [0.25, 0.3) is 0 Å². The Morgan fingerprint density at radius 3 is 2.35 bits per heavy atom. The molecule has 0 fully saturated rings. The van der Waals surface area contributed by atoms with E-state index in [1.54, 1.807) is 19.1 Å². The molecule has 1 aromatic carbocycles. The summed E-state index contributed by atoms with van der Waals surface area (Å²) >= 11 is 0. The van der Waals surface area contributed by atoms with Gasteiger partial charge in [0.1, 0.15) is 17.7 Å². The summed E-state index contributed by atoms with van der Waals surface area (Å²) in [5.74, 6) is -2.13. The smallest absolute Gasteiger partial charge is 0.336 e. The Morgan fingerprint density at radius 1 is 0.975 bits per heavy atom. The number of anilines is 1. The van der Waals surface area contributed by atoms with Crippen molar-refractivity contribution in [1.82, 2.24) is 16.0 Å². The first-order valence-corrected chi connectivity index (χ1v) is 12.9. The van der Waals surface area contributed by atoms with E-state index in [0.29, 0.717) is 43.5 Å². The van der Waals surface area contributed by atoms with Gasteiger partial charge in [-0.25, -0.2) is 4.79 Å². The van der Waals surface area contributed by atoms with Crippen LogP contribution in [0.25, 0.3) is 11.0 Å². The highest BCUT2D eigenvalue weighted by molar-refractivity contribution is 5.99. The van der Waals surface area contributed by atoms with Crippen LogP contribution in [0.4, 0.5) is 5.69 Å². The molecular weight excluding hydrogens is 520 g/mol. The quantitative estimate of drug-likeness (QED) is 0.0634. The fourth-order valence-electron chi connectivity index (χ4n) is 3.95. The highest BCUT2D eigenvalue weighted by Gasteiger charge is 2.23. The zero-order valence-corrected chi connectivity index (χ0v) is 22.7. The summed E-state index contributed by atoms with van der Waals surface area (Å²) in [6.07, 6.45) is 2.20. The normalized spacial score (nSPS) is 12.2. The number of hydrogen-bond acceptors (Lipinski definition) is 8. The molecule has 0 saturated heterocycles. The number of nitrogens with one attached hydrogen (secondary N) is 4. The number of fused-ring (bicyclic) bond motifs is 1. The van der Waals surface area contributed by atoms with Gasteiger partial charge >= 0.3 is 5.63 Å². The molecule has 0 aliphatic carbocycles. The van der Waals surface area contributed by atoms with E-state index < -0.39 is 47.9 Å². The highest BCUT2D eigenvalue weighted by atomic mass is 16.4. The fourth-order valence-corrected chi connectivity index (χ4v) is 3.95. The topological polar surface area (TPSA) is 237 Å². The van der Waals surface area contributed by atoms with Crippen molar-refractivity contribution in [1.29, 1.82) is 0 Å². The van der Waals surface area contributed by atoms with Gasteiger partial charge in [0, 0.05) is 36.7 Å². The van der Waals surface area contributed by atoms with E-state index in [0.717, 1.165) is 10.9 Å². The molecule has 1 aromatic heterocycles. The minimum absolute atomic E-state index is 0.0791. The Morgan fingerprint density at radius 2 is 1.68 bits per heavy atom. The minimum Gasteiger partial charge on any atom is -0.423 e. The second kappa shape index (κ2) is 15.8. The predicted molar refractivity (Wildman–Crippen MR) is 151 cm³/mol. The lowest BCUT2D eigenvalue weighted by molar-refractivity contribution is -0.130. The summed E-state index contributed by atoms with van der Waals surface area (Å²) in [5, 5.41) is 11.1. The van der Waals surface area contributed by atoms with Crippen molar-refractivity contribution in [2.24, 2.45) is 22.2 Å². The lowest BCUT2D eigenvalue weighted by atomic mass is 10.1. The third-order valence-electron chi connectivity index (χ3n) is 5.88. The molecular formula is C26H38N8O6. The first-order chi connectivity index (χ1) is 19.0. The van der Waals surface area contributed by atoms with Crippen LogP contribution in [0, 0.1) is 6.92 Å². The molecule has 0 aliphatic heterocycles. The number of nitrogens with zero attached hydrogens (tertiary/aromatic N) is 1. The third kappa shape index (κ3) is 10.7. The average molecular weight is 559 g/mol. The SMILES string of the molecule is CC(=O)N[C@@H](CCCN=C(N)N)C(=O)NCC(=O)N[C@@H](CCCCN)C(=O)Nc1ccc2c(C)cc(=O)oc2c1. The number of aryl methyl sites for hydroxylation is 1. The van der Waals surface area contributed by atoms with Crippen LogP contribution in [0.1, 0.15) is 44.6 Å². The summed E-state index contributed by atoms with van der Waals surface area (Å²) < 4.78 is 5.23. The van der Waals surface area contributed by atoms with Crippen molar-refractivity contribution in [2.45, 2.75) is 58.0 Å². The van der Waals surface area contributed by atoms with Crippen LogP contribution in [0.2, 0.25) is 0 Å². The maximum atomic E-state index is 13.1.